The fourth-order valence-electron chi connectivity index (χ4n) is 1.35. The number of hydrogen-bond donors (Lipinski definition) is 4. The Bertz CT molecular complexity index is 303. The van der Waals surface area contributed by atoms with Crippen molar-refractivity contribution in [3.8, 4) is 0 Å². The van der Waals surface area contributed by atoms with E-state index in [2.05, 4.69) is 6.58 Å². The fourth-order valence-corrected chi connectivity index (χ4v) is 1.35. The van der Waals surface area contributed by atoms with Crippen molar-refractivity contribution in [1.29, 1.82) is 0 Å². The maximum atomic E-state index is 11.1. The van der Waals surface area contributed by atoms with Crippen molar-refractivity contribution in [2.24, 2.45) is 0 Å². The molecule has 4 N–H and O–H groups in total. The molecule has 1 saturated heterocycles. The number of esters is 1. The van der Waals surface area contributed by atoms with E-state index in [0.717, 1.165) is 0 Å². The van der Waals surface area contributed by atoms with Crippen molar-refractivity contribution in [2.75, 3.05) is 6.61 Å². The Morgan fingerprint density at radius 2 is 1.82 bits per heavy atom. The highest BCUT2D eigenvalue weighted by molar-refractivity contribution is 5.86. The summed E-state index contributed by atoms with van der Waals surface area (Å²) in [6.45, 7) is 4.46. The standard InChI is InChI=1S/C10H16O7/c1-4(2)9(14)16-3-5-6(11)7(12)8(13)10(15)17-5/h5-8,10-13,15H,1,3H2,2H3. The highest BCUT2D eigenvalue weighted by atomic mass is 16.6. The smallest absolute Gasteiger partial charge is 0.333 e. The van der Waals surface area contributed by atoms with Crippen LogP contribution in [-0.2, 0) is 14.3 Å². The van der Waals surface area contributed by atoms with Gasteiger partial charge in [-0.25, -0.2) is 4.79 Å². The van der Waals surface area contributed by atoms with Crippen LogP contribution in [0, 0.1) is 0 Å². The second kappa shape index (κ2) is 5.56. The van der Waals surface area contributed by atoms with Crippen LogP contribution in [0.2, 0.25) is 0 Å². The molecule has 0 radical (unpaired) electrons. The zero-order chi connectivity index (χ0) is 13.2. The van der Waals surface area contributed by atoms with Gasteiger partial charge in [-0.15, -0.1) is 0 Å². The van der Waals surface area contributed by atoms with E-state index in [1.807, 2.05) is 0 Å². The minimum atomic E-state index is -1.64. The first kappa shape index (κ1) is 14.1. The van der Waals surface area contributed by atoms with Crippen LogP contribution in [-0.4, -0.2) is 63.7 Å². The van der Waals surface area contributed by atoms with Crippen LogP contribution < -0.4 is 0 Å². The van der Waals surface area contributed by atoms with Gasteiger partial charge in [-0.3, -0.25) is 0 Å². The number of hydrogen-bond acceptors (Lipinski definition) is 7. The predicted molar refractivity (Wildman–Crippen MR) is 54.7 cm³/mol. The molecule has 7 heteroatoms. The van der Waals surface area contributed by atoms with E-state index in [4.69, 9.17) is 9.47 Å². The minimum absolute atomic E-state index is 0.177. The van der Waals surface area contributed by atoms with Gasteiger partial charge >= 0.3 is 5.97 Å². The maximum Gasteiger partial charge on any atom is 0.333 e. The Morgan fingerprint density at radius 3 is 2.35 bits per heavy atom. The Morgan fingerprint density at radius 1 is 1.24 bits per heavy atom. The predicted octanol–water partition coefficient (Wildman–Crippen LogP) is -2.09. The van der Waals surface area contributed by atoms with Gasteiger partial charge in [-0.1, -0.05) is 6.58 Å². The van der Waals surface area contributed by atoms with Crippen molar-refractivity contribution < 1.29 is 34.7 Å². The zero-order valence-electron chi connectivity index (χ0n) is 9.31. The van der Waals surface area contributed by atoms with Crippen molar-refractivity contribution in [3.05, 3.63) is 12.2 Å². The van der Waals surface area contributed by atoms with Gasteiger partial charge in [-0.2, -0.15) is 0 Å². The molecule has 5 atom stereocenters. The largest absolute Gasteiger partial charge is 0.459 e. The highest BCUT2D eigenvalue weighted by Gasteiger charge is 2.43. The molecule has 1 aliphatic rings. The Labute approximate surface area is 97.9 Å². The molecule has 1 aliphatic heterocycles. The van der Waals surface area contributed by atoms with Crippen LogP contribution >= 0.6 is 0 Å². The lowest BCUT2D eigenvalue weighted by Gasteiger charge is -2.37. The molecule has 7 nitrogen and oxygen atoms in total. The molecular weight excluding hydrogens is 232 g/mol. The molecule has 0 aromatic rings. The lowest BCUT2D eigenvalue weighted by Crippen LogP contribution is -2.58. The van der Waals surface area contributed by atoms with E-state index < -0.39 is 36.7 Å². The molecule has 0 aromatic carbocycles. The lowest BCUT2D eigenvalue weighted by molar-refractivity contribution is -0.287. The molecular formula is C10H16O7. The number of aliphatic hydroxyl groups excluding tert-OH is 4. The number of carbonyl (C=O) groups excluding carboxylic acids is 1. The monoisotopic (exact) mass is 248 g/mol. The highest BCUT2D eigenvalue weighted by Crippen LogP contribution is 2.20. The SMILES string of the molecule is C=C(C)C(=O)OCC1OC(O)C(O)C(O)C1O. The third kappa shape index (κ3) is 3.24. The van der Waals surface area contributed by atoms with Crippen molar-refractivity contribution in [1.82, 2.24) is 0 Å². The molecule has 0 saturated carbocycles. The molecule has 0 amide bonds. The quantitative estimate of drug-likeness (QED) is 0.334. The van der Waals surface area contributed by atoms with Crippen LogP contribution in [0.25, 0.3) is 0 Å². The molecule has 0 bridgehead atoms. The lowest BCUT2D eigenvalue weighted by atomic mass is 9.99. The average Bonchev–Trinajstić information content (AvgIpc) is 2.28. The molecule has 0 spiro atoms. The third-order valence-electron chi connectivity index (χ3n) is 2.41. The molecule has 1 heterocycles. The Balaban J connectivity index is 2.54. The summed E-state index contributed by atoms with van der Waals surface area (Å²) in [5, 5.41) is 37.3. The zero-order valence-corrected chi connectivity index (χ0v) is 9.31. The van der Waals surface area contributed by atoms with E-state index in [1.165, 1.54) is 6.92 Å². The van der Waals surface area contributed by atoms with E-state index in [-0.39, 0.29) is 12.2 Å². The topological polar surface area (TPSA) is 116 Å². The van der Waals surface area contributed by atoms with Crippen molar-refractivity contribution in [2.45, 2.75) is 37.6 Å². The van der Waals surface area contributed by atoms with Crippen LogP contribution in [0.3, 0.4) is 0 Å². The van der Waals surface area contributed by atoms with Crippen LogP contribution in [0.5, 0.6) is 0 Å². The van der Waals surface area contributed by atoms with Gasteiger partial charge in [0, 0.05) is 5.57 Å². The normalized spacial score (nSPS) is 37.6. The number of ether oxygens (including phenoxy) is 2. The summed E-state index contributed by atoms with van der Waals surface area (Å²) in [6.07, 6.45) is -7.36. The first-order chi connectivity index (χ1) is 7.84. The summed E-state index contributed by atoms with van der Waals surface area (Å²) in [4.78, 5) is 11.1. The summed E-state index contributed by atoms with van der Waals surface area (Å²) in [7, 11) is 0. The van der Waals surface area contributed by atoms with Gasteiger partial charge < -0.3 is 29.9 Å². The summed E-state index contributed by atoms with van der Waals surface area (Å²) in [5.41, 5.74) is 0.177. The number of rotatable bonds is 3. The Kier molecular flexibility index (Phi) is 4.61. The maximum absolute atomic E-state index is 11.1. The molecule has 98 valence electrons. The first-order valence-electron chi connectivity index (χ1n) is 5.05. The second-order valence-corrected chi connectivity index (χ2v) is 3.92. The summed E-state index contributed by atoms with van der Waals surface area (Å²) in [6, 6.07) is 0. The van der Waals surface area contributed by atoms with Crippen LogP contribution in [0.1, 0.15) is 6.92 Å². The third-order valence-corrected chi connectivity index (χ3v) is 2.41. The molecule has 1 fully saturated rings. The van der Waals surface area contributed by atoms with Gasteiger partial charge in [0.2, 0.25) is 0 Å². The number of carbonyl (C=O) groups is 1. The van der Waals surface area contributed by atoms with Crippen molar-refractivity contribution >= 4 is 5.97 Å². The van der Waals surface area contributed by atoms with Gasteiger partial charge in [0.05, 0.1) is 0 Å². The average molecular weight is 248 g/mol. The summed E-state index contributed by atoms with van der Waals surface area (Å²) in [5.74, 6) is -0.670. The van der Waals surface area contributed by atoms with E-state index in [1.54, 1.807) is 0 Å². The van der Waals surface area contributed by atoms with Crippen molar-refractivity contribution in [3.63, 3.8) is 0 Å². The molecule has 5 unspecified atom stereocenters. The van der Waals surface area contributed by atoms with E-state index in [0.29, 0.717) is 0 Å². The first-order valence-corrected chi connectivity index (χ1v) is 5.05. The van der Waals surface area contributed by atoms with E-state index in [9.17, 15) is 25.2 Å². The minimum Gasteiger partial charge on any atom is -0.459 e. The molecule has 0 aromatic heterocycles. The van der Waals surface area contributed by atoms with Gasteiger partial charge in [-0.05, 0) is 6.92 Å². The molecule has 0 aliphatic carbocycles. The van der Waals surface area contributed by atoms with Crippen LogP contribution in [0.4, 0.5) is 0 Å². The fraction of sp³-hybridized carbons (Fsp3) is 0.700. The van der Waals surface area contributed by atoms with Gasteiger partial charge in [0.15, 0.2) is 6.29 Å². The second-order valence-electron chi connectivity index (χ2n) is 3.92. The summed E-state index contributed by atoms with van der Waals surface area (Å²) < 4.78 is 9.52. The summed E-state index contributed by atoms with van der Waals surface area (Å²) >= 11 is 0. The van der Waals surface area contributed by atoms with Gasteiger partial charge in [0.25, 0.3) is 0 Å². The molecule has 17 heavy (non-hydrogen) atoms. The van der Waals surface area contributed by atoms with Gasteiger partial charge in [0.1, 0.15) is 31.0 Å². The molecule has 1 rings (SSSR count). The van der Waals surface area contributed by atoms with Crippen LogP contribution in [0.15, 0.2) is 12.2 Å². The van der Waals surface area contributed by atoms with E-state index >= 15 is 0 Å². The Hall–Kier alpha value is -0.990. The number of aliphatic hydroxyl groups is 4.